The minimum atomic E-state index is -0.110. The summed E-state index contributed by atoms with van der Waals surface area (Å²) in [6.45, 7) is 6.59. The standard InChI is InChI=1S/C11H19N3/c1-10(2,3)9-7-8(13-14(9)4)11(12)5-6-11/h7H,5-6,12H2,1-4H3. The summed E-state index contributed by atoms with van der Waals surface area (Å²) >= 11 is 0. The summed E-state index contributed by atoms with van der Waals surface area (Å²) in [5.41, 5.74) is 8.47. The van der Waals surface area contributed by atoms with Gasteiger partial charge in [-0.1, -0.05) is 20.8 Å². The lowest BCUT2D eigenvalue weighted by Gasteiger charge is -2.17. The predicted molar refractivity (Wildman–Crippen MR) is 57.0 cm³/mol. The molecule has 0 aliphatic heterocycles. The molecule has 1 aromatic rings. The summed E-state index contributed by atoms with van der Waals surface area (Å²) in [4.78, 5) is 0. The second kappa shape index (κ2) is 2.60. The topological polar surface area (TPSA) is 43.8 Å². The maximum Gasteiger partial charge on any atom is 0.0826 e. The van der Waals surface area contributed by atoms with Crippen molar-refractivity contribution in [2.45, 2.75) is 44.6 Å². The molecule has 0 amide bonds. The van der Waals surface area contributed by atoms with Crippen molar-refractivity contribution in [3.8, 4) is 0 Å². The monoisotopic (exact) mass is 193 g/mol. The Hall–Kier alpha value is -0.830. The molecular weight excluding hydrogens is 174 g/mol. The van der Waals surface area contributed by atoms with E-state index in [4.69, 9.17) is 5.73 Å². The number of aromatic nitrogens is 2. The molecule has 1 aliphatic rings. The van der Waals surface area contributed by atoms with Crippen LogP contribution in [0.15, 0.2) is 6.07 Å². The lowest BCUT2D eigenvalue weighted by Crippen LogP contribution is -2.19. The molecule has 78 valence electrons. The Bertz CT molecular complexity index is 353. The Morgan fingerprint density at radius 2 is 2.00 bits per heavy atom. The molecule has 1 saturated carbocycles. The summed E-state index contributed by atoms with van der Waals surface area (Å²) in [5, 5.41) is 4.50. The van der Waals surface area contributed by atoms with Crippen molar-refractivity contribution < 1.29 is 0 Å². The van der Waals surface area contributed by atoms with Gasteiger partial charge in [-0.05, 0) is 18.9 Å². The highest BCUT2D eigenvalue weighted by Gasteiger charge is 2.43. The van der Waals surface area contributed by atoms with Crippen LogP contribution in [0.3, 0.4) is 0 Å². The molecule has 3 nitrogen and oxygen atoms in total. The van der Waals surface area contributed by atoms with Gasteiger partial charge in [0.25, 0.3) is 0 Å². The molecule has 0 atom stereocenters. The summed E-state index contributed by atoms with van der Waals surface area (Å²) in [7, 11) is 2.00. The number of nitrogens with zero attached hydrogens (tertiary/aromatic N) is 2. The van der Waals surface area contributed by atoms with Crippen LogP contribution < -0.4 is 5.73 Å². The average molecular weight is 193 g/mol. The zero-order valence-electron chi connectivity index (χ0n) is 9.46. The second-order valence-electron chi connectivity index (χ2n) is 5.44. The lowest BCUT2D eigenvalue weighted by molar-refractivity contribution is 0.521. The minimum Gasteiger partial charge on any atom is -0.320 e. The first-order valence-electron chi connectivity index (χ1n) is 5.17. The molecule has 2 rings (SSSR count). The van der Waals surface area contributed by atoms with Gasteiger partial charge in [0.15, 0.2) is 0 Å². The number of hydrogen-bond acceptors (Lipinski definition) is 2. The van der Waals surface area contributed by atoms with Gasteiger partial charge in [-0.15, -0.1) is 0 Å². The van der Waals surface area contributed by atoms with Crippen molar-refractivity contribution in [2.24, 2.45) is 12.8 Å². The Morgan fingerprint density at radius 3 is 2.36 bits per heavy atom. The van der Waals surface area contributed by atoms with E-state index in [1.807, 2.05) is 11.7 Å². The summed E-state index contributed by atoms with van der Waals surface area (Å²) < 4.78 is 1.96. The van der Waals surface area contributed by atoms with Crippen LogP contribution in [0, 0.1) is 0 Å². The van der Waals surface area contributed by atoms with E-state index in [1.165, 1.54) is 5.69 Å². The van der Waals surface area contributed by atoms with Crippen LogP contribution in [0.4, 0.5) is 0 Å². The van der Waals surface area contributed by atoms with E-state index in [0.717, 1.165) is 18.5 Å². The van der Waals surface area contributed by atoms with E-state index in [-0.39, 0.29) is 11.0 Å². The third-order valence-electron chi connectivity index (χ3n) is 2.95. The van der Waals surface area contributed by atoms with Gasteiger partial charge in [0.1, 0.15) is 0 Å². The maximum absolute atomic E-state index is 6.12. The van der Waals surface area contributed by atoms with E-state index < -0.39 is 0 Å². The first kappa shape index (κ1) is 9.71. The molecule has 1 heterocycles. The predicted octanol–water partition coefficient (Wildman–Crippen LogP) is 1.67. The zero-order chi connectivity index (χ0) is 10.6. The fourth-order valence-electron chi connectivity index (χ4n) is 1.80. The van der Waals surface area contributed by atoms with Crippen LogP contribution >= 0.6 is 0 Å². The smallest absolute Gasteiger partial charge is 0.0826 e. The Balaban J connectivity index is 2.40. The molecule has 0 unspecified atom stereocenters. The summed E-state index contributed by atoms with van der Waals surface area (Å²) in [6, 6.07) is 2.16. The molecule has 0 bridgehead atoms. The van der Waals surface area contributed by atoms with Crippen molar-refractivity contribution in [1.29, 1.82) is 0 Å². The second-order valence-corrected chi connectivity index (χ2v) is 5.44. The van der Waals surface area contributed by atoms with Crippen molar-refractivity contribution in [1.82, 2.24) is 9.78 Å². The molecule has 3 heteroatoms. The molecule has 14 heavy (non-hydrogen) atoms. The largest absolute Gasteiger partial charge is 0.320 e. The van der Waals surface area contributed by atoms with Crippen molar-refractivity contribution in [2.75, 3.05) is 0 Å². The summed E-state index contributed by atoms with van der Waals surface area (Å²) in [6.07, 6.45) is 2.15. The quantitative estimate of drug-likeness (QED) is 0.737. The SMILES string of the molecule is Cn1nc(C2(N)CC2)cc1C(C)(C)C. The third-order valence-corrected chi connectivity index (χ3v) is 2.95. The number of nitrogens with two attached hydrogens (primary N) is 1. The van der Waals surface area contributed by atoms with Crippen LogP contribution in [0.5, 0.6) is 0 Å². The molecule has 1 aliphatic carbocycles. The van der Waals surface area contributed by atoms with Gasteiger partial charge >= 0.3 is 0 Å². The zero-order valence-corrected chi connectivity index (χ0v) is 9.46. The first-order valence-corrected chi connectivity index (χ1v) is 5.17. The van der Waals surface area contributed by atoms with E-state index in [1.54, 1.807) is 0 Å². The fourth-order valence-corrected chi connectivity index (χ4v) is 1.80. The molecule has 0 aromatic carbocycles. The Kier molecular flexibility index (Phi) is 1.80. The Morgan fingerprint density at radius 1 is 1.43 bits per heavy atom. The average Bonchev–Trinajstić information content (AvgIpc) is 2.61. The van der Waals surface area contributed by atoms with Gasteiger partial charge in [0.2, 0.25) is 0 Å². The summed E-state index contributed by atoms with van der Waals surface area (Å²) in [5.74, 6) is 0. The lowest BCUT2D eigenvalue weighted by atomic mass is 9.91. The fraction of sp³-hybridized carbons (Fsp3) is 0.727. The van der Waals surface area contributed by atoms with E-state index in [9.17, 15) is 0 Å². The molecule has 0 radical (unpaired) electrons. The van der Waals surface area contributed by atoms with Gasteiger partial charge in [-0.3, -0.25) is 4.68 Å². The van der Waals surface area contributed by atoms with E-state index >= 15 is 0 Å². The molecular formula is C11H19N3. The van der Waals surface area contributed by atoms with E-state index in [0.29, 0.717) is 0 Å². The first-order chi connectivity index (χ1) is 6.33. The Labute approximate surface area is 85.3 Å². The van der Waals surface area contributed by atoms with Crippen LogP contribution in [0.1, 0.15) is 45.0 Å². The highest BCUT2D eigenvalue weighted by atomic mass is 15.3. The van der Waals surface area contributed by atoms with E-state index in [2.05, 4.69) is 31.9 Å². The molecule has 2 N–H and O–H groups in total. The molecule has 0 spiro atoms. The molecule has 1 aromatic heterocycles. The third kappa shape index (κ3) is 1.46. The normalized spacial score (nSPS) is 19.8. The highest BCUT2D eigenvalue weighted by molar-refractivity contribution is 5.27. The highest BCUT2D eigenvalue weighted by Crippen LogP contribution is 2.42. The maximum atomic E-state index is 6.12. The van der Waals surface area contributed by atoms with Crippen molar-refractivity contribution in [3.63, 3.8) is 0 Å². The van der Waals surface area contributed by atoms with Crippen LogP contribution in [0.2, 0.25) is 0 Å². The van der Waals surface area contributed by atoms with Gasteiger partial charge < -0.3 is 5.73 Å². The van der Waals surface area contributed by atoms with Crippen LogP contribution in [-0.4, -0.2) is 9.78 Å². The number of rotatable bonds is 1. The van der Waals surface area contributed by atoms with Gasteiger partial charge in [0, 0.05) is 18.2 Å². The number of aryl methyl sites for hydroxylation is 1. The van der Waals surface area contributed by atoms with Crippen molar-refractivity contribution >= 4 is 0 Å². The molecule has 1 fully saturated rings. The van der Waals surface area contributed by atoms with Gasteiger partial charge in [0.05, 0.1) is 11.2 Å². The van der Waals surface area contributed by atoms with Gasteiger partial charge in [-0.25, -0.2) is 0 Å². The van der Waals surface area contributed by atoms with Crippen LogP contribution in [-0.2, 0) is 18.0 Å². The number of hydrogen-bond donors (Lipinski definition) is 1. The molecule has 0 saturated heterocycles. The van der Waals surface area contributed by atoms with Gasteiger partial charge in [-0.2, -0.15) is 5.10 Å². The van der Waals surface area contributed by atoms with Crippen molar-refractivity contribution in [3.05, 3.63) is 17.5 Å². The van der Waals surface area contributed by atoms with Crippen LogP contribution in [0.25, 0.3) is 0 Å². The minimum absolute atomic E-state index is 0.110.